The molecule has 0 aromatic rings. The smallest absolute Gasteiger partial charge is 0.137 e. The molecule has 18 heavy (non-hydrogen) atoms. The van der Waals surface area contributed by atoms with Crippen molar-refractivity contribution in [2.24, 2.45) is 5.92 Å². The highest BCUT2D eigenvalue weighted by Gasteiger charge is 2.36. The molecule has 0 amide bonds. The van der Waals surface area contributed by atoms with Crippen LogP contribution in [0, 0.1) is 5.92 Å². The van der Waals surface area contributed by atoms with E-state index in [1.165, 1.54) is 19.3 Å². The molecule has 3 heteroatoms. The molecular formula is C15H27NO2. The van der Waals surface area contributed by atoms with Crippen molar-refractivity contribution >= 4 is 5.78 Å². The summed E-state index contributed by atoms with van der Waals surface area (Å²) >= 11 is 0. The lowest BCUT2D eigenvalue weighted by molar-refractivity contribution is -0.126. The largest absolute Gasteiger partial charge is 0.380 e. The maximum absolute atomic E-state index is 12.0. The quantitative estimate of drug-likeness (QED) is 0.682. The molecule has 1 saturated carbocycles. The summed E-state index contributed by atoms with van der Waals surface area (Å²) in [6, 6.07) is 0.517. The summed E-state index contributed by atoms with van der Waals surface area (Å²) in [5, 5.41) is 0. The van der Waals surface area contributed by atoms with Crippen LogP contribution in [0.5, 0.6) is 0 Å². The normalized spacial score (nSPS) is 29.9. The standard InChI is InChI=1S/C15H27NO2/c1-2-11-18-12-10-16-9-5-7-14(16)13-6-3-4-8-15(13)17/h13-14H,2-12H2,1H3. The Labute approximate surface area is 111 Å². The van der Waals surface area contributed by atoms with Crippen LogP contribution in [0.25, 0.3) is 0 Å². The van der Waals surface area contributed by atoms with Crippen LogP contribution in [-0.2, 0) is 9.53 Å². The van der Waals surface area contributed by atoms with E-state index in [1.54, 1.807) is 0 Å². The summed E-state index contributed by atoms with van der Waals surface area (Å²) in [5.41, 5.74) is 0. The average molecular weight is 253 g/mol. The summed E-state index contributed by atoms with van der Waals surface area (Å²) in [6.07, 6.45) is 7.85. The molecule has 1 aliphatic carbocycles. The number of nitrogens with zero attached hydrogens (tertiary/aromatic N) is 1. The van der Waals surface area contributed by atoms with Crippen LogP contribution in [-0.4, -0.2) is 43.0 Å². The zero-order chi connectivity index (χ0) is 12.8. The highest BCUT2D eigenvalue weighted by atomic mass is 16.5. The highest BCUT2D eigenvalue weighted by molar-refractivity contribution is 5.82. The number of rotatable bonds is 6. The number of likely N-dealkylation sites (tertiary alicyclic amines) is 1. The van der Waals surface area contributed by atoms with Crippen molar-refractivity contribution in [2.45, 2.75) is 57.9 Å². The first-order chi connectivity index (χ1) is 8.83. The van der Waals surface area contributed by atoms with Crippen molar-refractivity contribution in [2.75, 3.05) is 26.3 Å². The fourth-order valence-electron chi connectivity index (χ4n) is 3.43. The van der Waals surface area contributed by atoms with Crippen LogP contribution < -0.4 is 0 Å². The van der Waals surface area contributed by atoms with Gasteiger partial charge in [0.25, 0.3) is 0 Å². The van der Waals surface area contributed by atoms with Gasteiger partial charge in [0.1, 0.15) is 5.78 Å². The molecule has 3 nitrogen and oxygen atoms in total. The fraction of sp³-hybridized carbons (Fsp3) is 0.933. The van der Waals surface area contributed by atoms with Crippen LogP contribution in [0.3, 0.4) is 0 Å². The Morgan fingerprint density at radius 3 is 2.89 bits per heavy atom. The predicted molar refractivity (Wildman–Crippen MR) is 72.7 cm³/mol. The van der Waals surface area contributed by atoms with Crippen molar-refractivity contribution in [1.82, 2.24) is 4.90 Å². The summed E-state index contributed by atoms with van der Waals surface area (Å²) in [6.45, 7) is 5.99. The molecule has 2 unspecified atom stereocenters. The first-order valence-electron chi connectivity index (χ1n) is 7.67. The molecule has 0 N–H and O–H groups in total. The van der Waals surface area contributed by atoms with E-state index in [0.29, 0.717) is 17.7 Å². The molecule has 2 atom stereocenters. The minimum atomic E-state index is 0.326. The van der Waals surface area contributed by atoms with Crippen molar-refractivity contribution in [1.29, 1.82) is 0 Å². The first-order valence-corrected chi connectivity index (χ1v) is 7.67. The molecule has 2 rings (SSSR count). The lowest BCUT2D eigenvalue weighted by Crippen LogP contribution is -2.42. The maximum atomic E-state index is 12.0. The molecule has 2 aliphatic rings. The number of Topliss-reactive ketones (excluding diaryl/α,β-unsaturated/α-hetero) is 1. The number of hydrogen-bond donors (Lipinski definition) is 0. The summed E-state index contributed by atoms with van der Waals surface area (Å²) in [7, 11) is 0. The SMILES string of the molecule is CCCOCCN1CCCC1C1CCCCC1=O. The highest BCUT2D eigenvalue weighted by Crippen LogP contribution is 2.32. The molecule has 1 heterocycles. The van der Waals surface area contributed by atoms with E-state index in [1.807, 2.05) is 0 Å². The Kier molecular flexibility index (Phi) is 5.64. The van der Waals surface area contributed by atoms with Gasteiger partial charge < -0.3 is 4.74 Å². The predicted octanol–water partition coefficient (Wildman–Crippen LogP) is 2.64. The molecule has 0 aromatic heterocycles. The second-order valence-electron chi connectivity index (χ2n) is 5.68. The van der Waals surface area contributed by atoms with Gasteiger partial charge in [-0.2, -0.15) is 0 Å². The van der Waals surface area contributed by atoms with Gasteiger partial charge in [0, 0.05) is 31.5 Å². The van der Waals surface area contributed by atoms with E-state index in [0.717, 1.165) is 52.0 Å². The van der Waals surface area contributed by atoms with Crippen LogP contribution in [0.1, 0.15) is 51.9 Å². The van der Waals surface area contributed by atoms with Gasteiger partial charge in [0.05, 0.1) is 6.61 Å². The Hall–Kier alpha value is -0.410. The minimum Gasteiger partial charge on any atom is -0.380 e. The molecular weight excluding hydrogens is 226 g/mol. The number of hydrogen-bond acceptors (Lipinski definition) is 3. The fourth-order valence-corrected chi connectivity index (χ4v) is 3.43. The number of ether oxygens (including phenoxy) is 1. The second-order valence-corrected chi connectivity index (χ2v) is 5.68. The van der Waals surface area contributed by atoms with Gasteiger partial charge in [-0.3, -0.25) is 9.69 Å². The Balaban J connectivity index is 1.80. The van der Waals surface area contributed by atoms with Crippen LogP contribution in [0.15, 0.2) is 0 Å². The van der Waals surface area contributed by atoms with Gasteiger partial charge >= 0.3 is 0 Å². The van der Waals surface area contributed by atoms with Crippen molar-refractivity contribution in [3.8, 4) is 0 Å². The third-order valence-corrected chi connectivity index (χ3v) is 4.35. The Morgan fingerprint density at radius 2 is 2.11 bits per heavy atom. The van der Waals surface area contributed by atoms with E-state index in [-0.39, 0.29) is 0 Å². The summed E-state index contributed by atoms with van der Waals surface area (Å²) in [5.74, 6) is 0.847. The lowest BCUT2D eigenvalue weighted by atomic mass is 9.82. The molecule has 0 bridgehead atoms. The molecule has 2 fully saturated rings. The van der Waals surface area contributed by atoms with E-state index in [4.69, 9.17) is 4.74 Å². The molecule has 0 radical (unpaired) electrons. The van der Waals surface area contributed by atoms with Gasteiger partial charge in [0.2, 0.25) is 0 Å². The lowest BCUT2D eigenvalue weighted by Gasteiger charge is -2.33. The third-order valence-electron chi connectivity index (χ3n) is 4.35. The van der Waals surface area contributed by atoms with E-state index < -0.39 is 0 Å². The number of ketones is 1. The van der Waals surface area contributed by atoms with E-state index in [9.17, 15) is 4.79 Å². The molecule has 104 valence electrons. The van der Waals surface area contributed by atoms with Crippen molar-refractivity contribution < 1.29 is 9.53 Å². The number of carbonyl (C=O) groups is 1. The van der Waals surface area contributed by atoms with Crippen LogP contribution in [0.4, 0.5) is 0 Å². The average Bonchev–Trinajstić information content (AvgIpc) is 2.83. The topological polar surface area (TPSA) is 29.5 Å². The van der Waals surface area contributed by atoms with Crippen LogP contribution in [0.2, 0.25) is 0 Å². The zero-order valence-electron chi connectivity index (χ0n) is 11.7. The number of carbonyl (C=O) groups excluding carboxylic acids is 1. The van der Waals surface area contributed by atoms with Gasteiger partial charge in [-0.25, -0.2) is 0 Å². The summed E-state index contributed by atoms with van der Waals surface area (Å²) in [4.78, 5) is 14.5. The summed E-state index contributed by atoms with van der Waals surface area (Å²) < 4.78 is 5.58. The molecule has 0 aromatic carbocycles. The second kappa shape index (κ2) is 7.25. The Morgan fingerprint density at radius 1 is 1.22 bits per heavy atom. The molecule has 1 saturated heterocycles. The van der Waals surface area contributed by atoms with Gasteiger partial charge in [-0.05, 0) is 38.6 Å². The maximum Gasteiger partial charge on any atom is 0.137 e. The minimum absolute atomic E-state index is 0.326. The third kappa shape index (κ3) is 3.55. The van der Waals surface area contributed by atoms with Gasteiger partial charge in [0.15, 0.2) is 0 Å². The zero-order valence-corrected chi connectivity index (χ0v) is 11.7. The Bertz CT molecular complexity index is 267. The van der Waals surface area contributed by atoms with Gasteiger partial charge in [-0.15, -0.1) is 0 Å². The van der Waals surface area contributed by atoms with Crippen molar-refractivity contribution in [3.05, 3.63) is 0 Å². The van der Waals surface area contributed by atoms with Crippen LogP contribution >= 0.6 is 0 Å². The first kappa shape index (κ1) is 14.0. The van der Waals surface area contributed by atoms with Crippen molar-refractivity contribution in [3.63, 3.8) is 0 Å². The monoisotopic (exact) mass is 253 g/mol. The van der Waals surface area contributed by atoms with E-state index >= 15 is 0 Å². The molecule has 1 aliphatic heterocycles. The van der Waals surface area contributed by atoms with Gasteiger partial charge in [-0.1, -0.05) is 13.3 Å². The molecule has 0 spiro atoms. The van der Waals surface area contributed by atoms with E-state index in [2.05, 4.69) is 11.8 Å².